The molecule has 20 heavy (non-hydrogen) atoms. The quantitative estimate of drug-likeness (QED) is 0.702. The largest absolute Gasteiger partial charge is 0.313 e. The summed E-state index contributed by atoms with van der Waals surface area (Å²) >= 11 is 0. The summed E-state index contributed by atoms with van der Waals surface area (Å²) < 4.78 is 0. The van der Waals surface area contributed by atoms with E-state index in [0.29, 0.717) is 12.1 Å². The lowest BCUT2D eigenvalue weighted by molar-refractivity contribution is 0.0797. The van der Waals surface area contributed by atoms with Crippen LogP contribution in [-0.4, -0.2) is 62.2 Å². The lowest BCUT2D eigenvalue weighted by Crippen LogP contribution is -2.59. The van der Waals surface area contributed by atoms with Gasteiger partial charge in [0.05, 0.1) is 0 Å². The number of hydrogen-bond donors (Lipinski definition) is 1. The molecule has 1 aliphatic heterocycles. The average Bonchev–Trinajstić information content (AvgIpc) is 2.45. The zero-order chi connectivity index (χ0) is 15.0. The van der Waals surface area contributed by atoms with E-state index in [1.54, 1.807) is 0 Å². The lowest BCUT2D eigenvalue weighted by Gasteiger charge is -2.43. The zero-order valence-electron chi connectivity index (χ0n) is 14.5. The van der Waals surface area contributed by atoms with Crippen LogP contribution in [0.2, 0.25) is 0 Å². The van der Waals surface area contributed by atoms with Crippen molar-refractivity contribution >= 4 is 0 Å². The molecule has 0 spiro atoms. The minimum absolute atomic E-state index is 0.648. The Labute approximate surface area is 127 Å². The molecule has 3 unspecified atom stereocenters. The Morgan fingerprint density at radius 3 is 2.50 bits per heavy atom. The van der Waals surface area contributed by atoms with Crippen molar-refractivity contribution in [2.45, 2.75) is 65.0 Å². The second kappa shape index (κ2) is 9.75. The van der Waals surface area contributed by atoms with Crippen LogP contribution in [0, 0.1) is 5.92 Å². The fraction of sp³-hybridized carbons (Fsp3) is 1.00. The molecule has 0 saturated carbocycles. The summed E-state index contributed by atoms with van der Waals surface area (Å²) in [6, 6.07) is 1.32. The van der Waals surface area contributed by atoms with Crippen molar-refractivity contribution in [2.75, 3.05) is 40.3 Å². The van der Waals surface area contributed by atoms with Crippen LogP contribution in [0.15, 0.2) is 0 Å². The van der Waals surface area contributed by atoms with Crippen LogP contribution in [0.25, 0.3) is 0 Å². The smallest absolute Gasteiger partial charge is 0.0374 e. The van der Waals surface area contributed by atoms with Crippen LogP contribution >= 0.6 is 0 Å². The Morgan fingerprint density at radius 1 is 1.15 bits per heavy atom. The van der Waals surface area contributed by atoms with Crippen molar-refractivity contribution in [3.63, 3.8) is 0 Å². The Kier molecular flexibility index (Phi) is 8.74. The van der Waals surface area contributed by atoms with Gasteiger partial charge >= 0.3 is 0 Å². The van der Waals surface area contributed by atoms with E-state index < -0.39 is 0 Å². The fourth-order valence-electron chi connectivity index (χ4n) is 3.46. The number of unbranched alkanes of at least 4 members (excludes halogenated alkanes) is 1. The molecule has 0 amide bonds. The Hall–Kier alpha value is -0.120. The molecule has 1 heterocycles. The van der Waals surface area contributed by atoms with Crippen molar-refractivity contribution in [1.29, 1.82) is 0 Å². The zero-order valence-corrected chi connectivity index (χ0v) is 14.5. The Bertz CT molecular complexity index is 244. The summed E-state index contributed by atoms with van der Waals surface area (Å²) in [4.78, 5) is 5.06. The van der Waals surface area contributed by atoms with E-state index in [0.717, 1.165) is 12.5 Å². The van der Waals surface area contributed by atoms with Crippen LogP contribution in [-0.2, 0) is 0 Å². The van der Waals surface area contributed by atoms with E-state index in [4.69, 9.17) is 0 Å². The van der Waals surface area contributed by atoms with Crippen LogP contribution in [0.4, 0.5) is 0 Å². The third-order valence-electron chi connectivity index (χ3n) is 4.96. The third-order valence-corrected chi connectivity index (χ3v) is 4.96. The van der Waals surface area contributed by atoms with Gasteiger partial charge in [-0.2, -0.15) is 0 Å². The number of hydrogen-bond acceptors (Lipinski definition) is 3. The molecule has 1 N–H and O–H groups in total. The lowest BCUT2D eigenvalue weighted by atomic mass is 9.88. The number of likely N-dealkylation sites (N-methyl/N-ethyl adjacent to an activating group) is 3. The molecule has 1 rings (SSSR count). The molecule has 1 aliphatic rings. The number of rotatable bonds is 9. The minimum Gasteiger partial charge on any atom is -0.313 e. The molecule has 0 aromatic rings. The van der Waals surface area contributed by atoms with Gasteiger partial charge in [-0.05, 0) is 33.0 Å². The molecular formula is C17H37N3. The Morgan fingerprint density at radius 2 is 1.90 bits per heavy atom. The summed E-state index contributed by atoms with van der Waals surface area (Å²) in [6.45, 7) is 11.6. The summed E-state index contributed by atoms with van der Waals surface area (Å²) in [5, 5.41) is 3.78. The maximum Gasteiger partial charge on any atom is 0.0374 e. The van der Waals surface area contributed by atoms with Gasteiger partial charge in [0.1, 0.15) is 0 Å². The van der Waals surface area contributed by atoms with Crippen molar-refractivity contribution in [3.8, 4) is 0 Å². The molecular weight excluding hydrogens is 246 g/mol. The van der Waals surface area contributed by atoms with E-state index >= 15 is 0 Å². The molecule has 1 saturated heterocycles. The minimum atomic E-state index is 0.648. The van der Waals surface area contributed by atoms with Gasteiger partial charge < -0.3 is 10.2 Å². The molecule has 120 valence electrons. The van der Waals surface area contributed by atoms with Crippen LogP contribution in [0.3, 0.4) is 0 Å². The standard InChI is InChI=1S/C17H37N3/c1-6-9-10-15(7-2)13-16(18-8-3)17-14-19(4)11-12-20(17)5/h15-18H,6-14H2,1-5H3. The first kappa shape index (κ1) is 17.9. The second-order valence-corrected chi connectivity index (χ2v) is 6.63. The van der Waals surface area contributed by atoms with Crippen LogP contribution in [0.5, 0.6) is 0 Å². The number of nitrogens with zero attached hydrogens (tertiary/aromatic N) is 2. The van der Waals surface area contributed by atoms with Gasteiger partial charge in [0, 0.05) is 31.7 Å². The van der Waals surface area contributed by atoms with Crippen molar-refractivity contribution < 1.29 is 0 Å². The topological polar surface area (TPSA) is 18.5 Å². The second-order valence-electron chi connectivity index (χ2n) is 6.63. The SMILES string of the molecule is CCCCC(CC)CC(NCC)C1CN(C)CCN1C. The number of piperazine rings is 1. The summed E-state index contributed by atoms with van der Waals surface area (Å²) in [5.41, 5.74) is 0. The van der Waals surface area contributed by atoms with Gasteiger partial charge in [0.25, 0.3) is 0 Å². The third kappa shape index (κ3) is 5.71. The molecule has 3 atom stereocenters. The summed E-state index contributed by atoms with van der Waals surface area (Å²) in [6.07, 6.45) is 6.79. The summed E-state index contributed by atoms with van der Waals surface area (Å²) in [7, 11) is 4.56. The van der Waals surface area contributed by atoms with Crippen LogP contribution < -0.4 is 5.32 Å². The molecule has 0 aromatic carbocycles. The van der Waals surface area contributed by atoms with E-state index in [1.807, 2.05) is 0 Å². The number of nitrogens with one attached hydrogen (secondary N) is 1. The van der Waals surface area contributed by atoms with Crippen LogP contribution in [0.1, 0.15) is 52.9 Å². The molecule has 3 nitrogen and oxygen atoms in total. The van der Waals surface area contributed by atoms with Crippen molar-refractivity contribution in [2.24, 2.45) is 5.92 Å². The highest BCUT2D eigenvalue weighted by molar-refractivity contribution is 4.89. The highest BCUT2D eigenvalue weighted by Gasteiger charge is 2.30. The molecule has 0 bridgehead atoms. The van der Waals surface area contributed by atoms with Gasteiger partial charge in [0.15, 0.2) is 0 Å². The van der Waals surface area contributed by atoms with E-state index in [2.05, 4.69) is 50.0 Å². The van der Waals surface area contributed by atoms with E-state index in [9.17, 15) is 0 Å². The maximum atomic E-state index is 3.78. The first-order chi connectivity index (χ1) is 9.62. The van der Waals surface area contributed by atoms with Gasteiger partial charge in [-0.15, -0.1) is 0 Å². The first-order valence-corrected chi connectivity index (χ1v) is 8.74. The molecule has 0 aliphatic carbocycles. The predicted molar refractivity (Wildman–Crippen MR) is 89.3 cm³/mol. The summed E-state index contributed by atoms with van der Waals surface area (Å²) in [5.74, 6) is 0.889. The van der Waals surface area contributed by atoms with Crippen molar-refractivity contribution in [1.82, 2.24) is 15.1 Å². The average molecular weight is 284 g/mol. The van der Waals surface area contributed by atoms with E-state index in [-0.39, 0.29) is 0 Å². The first-order valence-electron chi connectivity index (χ1n) is 8.74. The van der Waals surface area contributed by atoms with Crippen molar-refractivity contribution in [3.05, 3.63) is 0 Å². The monoisotopic (exact) mass is 283 g/mol. The maximum absolute atomic E-state index is 3.78. The van der Waals surface area contributed by atoms with Gasteiger partial charge in [-0.3, -0.25) is 4.90 Å². The highest BCUT2D eigenvalue weighted by Crippen LogP contribution is 2.22. The fourth-order valence-corrected chi connectivity index (χ4v) is 3.46. The Balaban J connectivity index is 2.60. The molecule has 0 radical (unpaired) electrons. The molecule has 3 heteroatoms. The normalized spacial score (nSPS) is 24.8. The van der Waals surface area contributed by atoms with Gasteiger partial charge in [-0.25, -0.2) is 0 Å². The predicted octanol–water partition coefficient (Wildman–Crippen LogP) is 2.82. The molecule has 1 fully saturated rings. The van der Waals surface area contributed by atoms with Gasteiger partial charge in [0.2, 0.25) is 0 Å². The molecule has 0 aromatic heterocycles. The van der Waals surface area contributed by atoms with Gasteiger partial charge in [-0.1, -0.05) is 46.5 Å². The van der Waals surface area contributed by atoms with E-state index in [1.165, 1.54) is 51.7 Å². The highest BCUT2D eigenvalue weighted by atomic mass is 15.3.